The molecule has 1 amide bonds. The minimum Gasteiger partial charge on any atom is -0.484 e. The van der Waals surface area contributed by atoms with Gasteiger partial charge in [-0.15, -0.1) is 0 Å². The molecule has 126 valence electrons. The maximum absolute atomic E-state index is 12.0. The summed E-state index contributed by atoms with van der Waals surface area (Å²) in [6, 6.07) is 13.4. The maximum atomic E-state index is 12.0. The van der Waals surface area contributed by atoms with Gasteiger partial charge in [0.05, 0.1) is 0 Å². The van der Waals surface area contributed by atoms with Gasteiger partial charge in [0.25, 0.3) is 5.91 Å². The second kappa shape index (κ2) is 8.29. The molecule has 2 aromatic carbocycles. The number of ether oxygens (including phenoxy) is 1. The molecule has 0 saturated heterocycles. The number of anilines is 1. The van der Waals surface area contributed by atoms with Crippen LogP contribution in [0.15, 0.2) is 42.5 Å². The Hall–Kier alpha value is -2.62. The molecule has 4 nitrogen and oxygen atoms in total. The summed E-state index contributed by atoms with van der Waals surface area (Å²) < 4.78 is 5.51. The first-order valence-corrected chi connectivity index (χ1v) is 8.02. The molecular weight excluding hydrogens is 302 g/mol. The Balaban J connectivity index is 1.84. The van der Waals surface area contributed by atoms with Gasteiger partial charge in [-0.2, -0.15) is 0 Å². The molecule has 0 saturated carbocycles. The molecule has 0 spiro atoms. The van der Waals surface area contributed by atoms with Crippen LogP contribution in [0.4, 0.5) is 5.69 Å². The van der Waals surface area contributed by atoms with Crippen molar-refractivity contribution in [3.05, 3.63) is 59.2 Å². The number of aryl methyl sites for hydroxylation is 3. The molecule has 0 aliphatic carbocycles. The fraction of sp³-hybridized carbons (Fsp3) is 0.300. The molecule has 0 atom stereocenters. The summed E-state index contributed by atoms with van der Waals surface area (Å²) >= 11 is 0. The van der Waals surface area contributed by atoms with Crippen LogP contribution in [0.1, 0.15) is 30.0 Å². The van der Waals surface area contributed by atoms with Crippen molar-refractivity contribution < 1.29 is 14.3 Å². The number of ketones is 1. The number of benzene rings is 2. The maximum Gasteiger partial charge on any atom is 0.262 e. The first-order valence-electron chi connectivity index (χ1n) is 8.02. The van der Waals surface area contributed by atoms with Gasteiger partial charge in [0.15, 0.2) is 6.61 Å². The molecule has 0 aliphatic heterocycles. The predicted molar refractivity (Wildman–Crippen MR) is 95.5 cm³/mol. The van der Waals surface area contributed by atoms with Crippen molar-refractivity contribution in [1.82, 2.24) is 0 Å². The second-order valence-electron chi connectivity index (χ2n) is 6.00. The van der Waals surface area contributed by atoms with Crippen molar-refractivity contribution in [2.75, 3.05) is 11.9 Å². The average molecular weight is 325 g/mol. The number of carbonyl (C=O) groups excluding carboxylic acids is 2. The number of hydrogen-bond acceptors (Lipinski definition) is 3. The van der Waals surface area contributed by atoms with Crippen LogP contribution in [0.2, 0.25) is 0 Å². The Bertz CT molecular complexity index is 720. The van der Waals surface area contributed by atoms with E-state index < -0.39 is 0 Å². The molecule has 2 aromatic rings. The Labute approximate surface area is 142 Å². The van der Waals surface area contributed by atoms with E-state index in [9.17, 15) is 9.59 Å². The van der Waals surface area contributed by atoms with E-state index in [0.717, 1.165) is 28.8 Å². The van der Waals surface area contributed by atoms with E-state index in [2.05, 4.69) is 5.32 Å². The molecule has 0 fully saturated rings. The molecule has 0 unspecified atom stereocenters. The van der Waals surface area contributed by atoms with Gasteiger partial charge >= 0.3 is 0 Å². The Morgan fingerprint density at radius 2 is 1.75 bits per heavy atom. The molecule has 0 aliphatic rings. The van der Waals surface area contributed by atoms with Gasteiger partial charge in [0.1, 0.15) is 11.5 Å². The van der Waals surface area contributed by atoms with Gasteiger partial charge in [-0.05, 0) is 56.5 Å². The first kappa shape index (κ1) is 17.7. The van der Waals surface area contributed by atoms with Crippen LogP contribution in [-0.4, -0.2) is 18.3 Å². The van der Waals surface area contributed by atoms with Crippen molar-refractivity contribution in [1.29, 1.82) is 0 Å². The van der Waals surface area contributed by atoms with Gasteiger partial charge in [0.2, 0.25) is 0 Å². The summed E-state index contributed by atoms with van der Waals surface area (Å²) in [5.41, 5.74) is 4.07. The van der Waals surface area contributed by atoms with Gasteiger partial charge in [-0.3, -0.25) is 4.79 Å². The number of amides is 1. The van der Waals surface area contributed by atoms with E-state index in [1.165, 1.54) is 0 Å². The van der Waals surface area contributed by atoms with Gasteiger partial charge in [0, 0.05) is 12.1 Å². The second-order valence-corrected chi connectivity index (χ2v) is 6.00. The summed E-state index contributed by atoms with van der Waals surface area (Å²) in [5, 5.41) is 2.85. The number of nitrogens with one attached hydrogen (secondary N) is 1. The predicted octanol–water partition coefficient (Wildman–Crippen LogP) is 3.84. The van der Waals surface area contributed by atoms with E-state index in [4.69, 9.17) is 4.74 Å². The Morgan fingerprint density at radius 3 is 2.38 bits per heavy atom. The van der Waals surface area contributed by atoms with Crippen LogP contribution >= 0.6 is 0 Å². The molecule has 1 N–H and O–H groups in total. The van der Waals surface area contributed by atoms with E-state index >= 15 is 0 Å². The minimum atomic E-state index is -0.192. The molecular formula is C20H23NO3. The zero-order valence-corrected chi connectivity index (χ0v) is 14.4. The van der Waals surface area contributed by atoms with Crippen molar-refractivity contribution >= 4 is 17.4 Å². The fourth-order valence-corrected chi connectivity index (χ4v) is 2.36. The topological polar surface area (TPSA) is 55.4 Å². The Morgan fingerprint density at radius 1 is 1.04 bits per heavy atom. The smallest absolute Gasteiger partial charge is 0.262 e. The van der Waals surface area contributed by atoms with E-state index in [1.807, 2.05) is 56.3 Å². The van der Waals surface area contributed by atoms with E-state index in [1.54, 1.807) is 6.92 Å². The minimum absolute atomic E-state index is 0.0416. The number of Topliss-reactive ketones (excluding diaryl/α,β-unsaturated/α-hetero) is 1. The third-order valence-corrected chi connectivity index (χ3v) is 3.72. The van der Waals surface area contributed by atoms with Crippen molar-refractivity contribution in [3.8, 4) is 5.75 Å². The summed E-state index contributed by atoms with van der Waals surface area (Å²) in [6.45, 7) is 5.52. The van der Waals surface area contributed by atoms with Gasteiger partial charge in [-0.25, -0.2) is 0 Å². The lowest BCUT2D eigenvalue weighted by Crippen LogP contribution is -2.20. The highest BCUT2D eigenvalue weighted by Gasteiger charge is 2.06. The standard InChI is InChI=1S/C20H23NO3/c1-14-4-11-19(15(2)12-14)21-20(23)13-24-18-9-7-17(8-10-18)6-5-16(3)22/h4,7-12H,5-6,13H2,1-3H3,(H,21,23). The van der Waals surface area contributed by atoms with Crippen molar-refractivity contribution in [2.45, 2.75) is 33.6 Å². The van der Waals surface area contributed by atoms with Crippen LogP contribution in [0.25, 0.3) is 0 Å². The lowest BCUT2D eigenvalue weighted by molar-refractivity contribution is -0.118. The highest BCUT2D eigenvalue weighted by atomic mass is 16.5. The zero-order valence-electron chi connectivity index (χ0n) is 14.4. The molecule has 0 bridgehead atoms. The molecule has 24 heavy (non-hydrogen) atoms. The molecule has 2 rings (SSSR count). The first-order chi connectivity index (χ1) is 11.4. The third-order valence-electron chi connectivity index (χ3n) is 3.72. The van der Waals surface area contributed by atoms with Crippen LogP contribution in [0.3, 0.4) is 0 Å². The highest BCUT2D eigenvalue weighted by molar-refractivity contribution is 5.92. The Kier molecular flexibility index (Phi) is 6.13. The van der Waals surface area contributed by atoms with E-state index in [-0.39, 0.29) is 18.3 Å². The molecule has 4 heteroatoms. The lowest BCUT2D eigenvalue weighted by Gasteiger charge is -2.10. The highest BCUT2D eigenvalue weighted by Crippen LogP contribution is 2.17. The number of hydrogen-bond donors (Lipinski definition) is 1. The van der Waals surface area contributed by atoms with Crippen molar-refractivity contribution in [3.63, 3.8) is 0 Å². The largest absolute Gasteiger partial charge is 0.484 e. The molecule has 0 radical (unpaired) electrons. The number of carbonyl (C=O) groups is 2. The van der Waals surface area contributed by atoms with Gasteiger partial charge < -0.3 is 14.8 Å². The SMILES string of the molecule is CC(=O)CCc1ccc(OCC(=O)Nc2ccc(C)cc2C)cc1. The van der Waals surface area contributed by atoms with Gasteiger partial charge in [-0.1, -0.05) is 29.8 Å². The van der Waals surface area contributed by atoms with Crippen molar-refractivity contribution in [2.24, 2.45) is 0 Å². The van der Waals surface area contributed by atoms with Crippen LogP contribution in [-0.2, 0) is 16.0 Å². The van der Waals surface area contributed by atoms with Crippen LogP contribution in [0.5, 0.6) is 5.75 Å². The van der Waals surface area contributed by atoms with E-state index in [0.29, 0.717) is 12.2 Å². The summed E-state index contributed by atoms with van der Waals surface area (Å²) in [6.07, 6.45) is 1.27. The summed E-state index contributed by atoms with van der Waals surface area (Å²) in [4.78, 5) is 23.0. The third kappa shape index (κ3) is 5.54. The van der Waals surface area contributed by atoms with Crippen LogP contribution in [0, 0.1) is 13.8 Å². The zero-order chi connectivity index (χ0) is 17.5. The lowest BCUT2D eigenvalue weighted by atomic mass is 10.1. The molecule has 0 heterocycles. The monoisotopic (exact) mass is 325 g/mol. The average Bonchev–Trinajstić information content (AvgIpc) is 2.54. The normalized spacial score (nSPS) is 10.3. The fourth-order valence-electron chi connectivity index (χ4n) is 2.36. The quantitative estimate of drug-likeness (QED) is 0.841. The van der Waals surface area contributed by atoms with Crippen LogP contribution < -0.4 is 10.1 Å². The summed E-state index contributed by atoms with van der Waals surface area (Å²) in [7, 11) is 0. The summed E-state index contributed by atoms with van der Waals surface area (Å²) in [5.74, 6) is 0.623. The number of rotatable bonds is 7. The molecule has 0 aromatic heterocycles.